The lowest BCUT2D eigenvalue weighted by Gasteiger charge is -2.40. The molecule has 0 saturated carbocycles. The second kappa shape index (κ2) is 5.56. The molecule has 0 amide bonds. The molecular weight excluding hydrogens is 317 g/mol. The number of hydrogen-bond donors (Lipinski definition) is 1. The minimum atomic E-state index is -0.861. The van der Waals surface area contributed by atoms with Crippen LogP contribution in [0, 0.1) is 11.2 Å². The van der Waals surface area contributed by atoms with Crippen LogP contribution < -0.4 is 0 Å². The van der Waals surface area contributed by atoms with Gasteiger partial charge in [-0.1, -0.05) is 15.9 Å². The summed E-state index contributed by atoms with van der Waals surface area (Å²) in [5.41, 5.74) is -0.310. The van der Waals surface area contributed by atoms with Crippen molar-refractivity contribution in [2.24, 2.45) is 5.41 Å². The Morgan fingerprint density at radius 3 is 2.79 bits per heavy atom. The number of nitrogens with zero attached hydrogens (tertiary/aromatic N) is 1. The molecule has 0 aromatic heterocycles. The highest BCUT2D eigenvalue weighted by Crippen LogP contribution is 2.29. The van der Waals surface area contributed by atoms with Crippen LogP contribution in [0.5, 0.6) is 0 Å². The van der Waals surface area contributed by atoms with Gasteiger partial charge in [-0.05, 0) is 25.2 Å². The lowest BCUT2D eigenvalue weighted by atomic mass is 9.85. The maximum atomic E-state index is 13.6. The molecule has 2 rings (SSSR count). The van der Waals surface area contributed by atoms with Crippen molar-refractivity contribution < 1.29 is 19.0 Å². The Balaban J connectivity index is 2.03. The van der Waals surface area contributed by atoms with E-state index in [0.717, 1.165) is 4.47 Å². The summed E-state index contributed by atoms with van der Waals surface area (Å²) in [6, 6.07) is 4.74. The highest BCUT2D eigenvalue weighted by atomic mass is 79.9. The molecule has 1 aromatic rings. The zero-order chi connectivity index (χ0) is 14.0. The maximum Gasteiger partial charge on any atom is 0.315 e. The summed E-state index contributed by atoms with van der Waals surface area (Å²) in [5.74, 6) is -1.15. The van der Waals surface area contributed by atoms with Crippen molar-refractivity contribution in [2.75, 3.05) is 26.8 Å². The van der Waals surface area contributed by atoms with E-state index in [-0.39, 0.29) is 19.0 Å². The number of rotatable bonds is 5. The van der Waals surface area contributed by atoms with Gasteiger partial charge in [0.05, 0.1) is 13.2 Å². The molecule has 1 saturated heterocycles. The van der Waals surface area contributed by atoms with E-state index in [1.807, 2.05) is 4.90 Å². The zero-order valence-electron chi connectivity index (χ0n) is 10.5. The third-order valence-corrected chi connectivity index (χ3v) is 3.72. The van der Waals surface area contributed by atoms with Crippen molar-refractivity contribution in [3.63, 3.8) is 0 Å². The van der Waals surface area contributed by atoms with E-state index >= 15 is 0 Å². The number of ether oxygens (including phenoxy) is 1. The van der Waals surface area contributed by atoms with Gasteiger partial charge in [-0.15, -0.1) is 0 Å². The highest BCUT2D eigenvalue weighted by molar-refractivity contribution is 9.10. The van der Waals surface area contributed by atoms with Crippen LogP contribution in [0.3, 0.4) is 0 Å². The Hall–Kier alpha value is -0.980. The SMILES string of the molecule is CN(Cc1cc(Br)ccc1F)CC1(C(=O)O)COC1. The van der Waals surface area contributed by atoms with Crippen molar-refractivity contribution in [2.45, 2.75) is 6.54 Å². The van der Waals surface area contributed by atoms with E-state index in [1.54, 1.807) is 19.2 Å². The predicted molar refractivity (Wildman–Crippen MR) is 71.3 cm³/mol. The van der Waals surface area contributed by atoms with E-state index < -0.39 is 11.4 Å². The molecule has 0 unspecified atom stereocenters. The van der Waals surface area contributed by atoms with Crippen LogP contribution in [0.15, 0.2) is 22.7 Å². The van der Waals surface area contributed by atoms with Gasteiger partial charge in [0.15, 0.2) is 0 Å². The van der Waals surface area contributed by atoms with Gasteiger partial charge in [-0.2, -0.15) is 0 Å². The van der Waals surface area contributed by atoms with Crippen LogP contribution in [0.1, 0.15) is 5.56 Å². The number of halogens is 2. The van der Waals surface area contributed by atoms with Gasteiger partial charge in [0.2, 0.25) is 0 Å². The van der Waals surface area contributed by atoms with Crippen molar-refractivity contribution >= 4 is 21.9 Å². The van der Waals surface area contributed by atoms with Crippen LogP contribution in [0.4, 0.5) is 4.39 Å². The molecule has 19 heavy (non-hydrogen) atoms. The first-order chi connectivity index (χ1) is 8.93. The van der Waals surface area contributed by atoms with Crippen LogP contribution in [-0.2, 0) is 16.1 Å². The van der Waals surface area contributed by atoms with Crippen LogP contribution in [0.25, 0.3) is 0 Å². The van der Waals surface area contributed by atoms with Crippen LogP contribution in [0.2, 0.25) is 0 Å². The van der Waals surface area contributed by atoms with Gasteiger partial charge >= 0.3 is 5.97 Å². The molecule has 104 valence electrons. The molecule has 1 aliphatic heterocycles. The summed E-state index contributed by atoms with van der Waals surface area (Å²) in [7, 11) is 1.78. The summed E-state index contributed by atoms with van der Waals surface area (Å²) >= 11 is 3.30. The van der Waals surface area contributed by atoms with Gasteiger partial charge in [-0.3, -0.25) is 4.79 Å². The number of carboxylic acid groups (broad SMARTS) is 1. The summed E-state index contributed by atoms with van der Waals surface area (Å²) in [6.45, 7) is 1.13. The Morgan fingerprint density at radius 1 is 1.58 bits per heavy atom. The van der Waals surface area contributed by atoms with Gasteiger partial charge in [0.25, 0.3) is 0 Å². The monoisotopic (exact) mass is 331 g/mol. The Bertz CT molecular complexity index is 491. The number of hydrogen-bond acceptors (Lipinski definition) is 3. The summed E-state index contributed by atoms with van der Waals surface area (Å²) in [4.78, 5) is 13.0. The Morgan fingerprint density at radius 2 is 2.26 bits per heavy atom. The van der Waals surface area contributed by atoms with Gasteiger partial charge in [0.1, 0.15) is 11.2 Å². The Kier molecular flexibility index (Phi) is 4.23. The fraction of sp³-hybridized carbons (Fsp3) is 0.462. The molecule has 0 aliphatic carbocycles. The second-order valence-electron chi connectivity index (χ2n) is 4.99. The summed E-state index contributed by atoms with van der Waals surface area (Å²) < 4.78 is 19.4. The smallest absolute Gasteiger partial charge is 0.315 e. The molecule has 4 nitrogen and oxygen atoms in total. The number of carbonyl (C=O) groups is 1. The fourth-order valence-electron chi connectivity index (χ4n) is 2.16. The summed E-state index contributed by atoms with van der Waals surface area (Å²) in [5, 5.41) is 9.21. The van der Waals surface area contributed by atoms with E-state index in [9.17, 15) is 14.3 Å². The molecule has 1 aliphatic rings. The fourth-order valence-corrected chi connectivity index (χ4v) is 2.57. The molecule has 0 bridgehead atoms. The van der Waals surface area contributed by atoms with Crippen molar-refractivity contribution in [1.29, 1.82) is 0 Å². The lowest BCUT2D eigenvalue weighted by molar-refractivity contribution is -0.183. The second-order valence-corrected chi connectivity index (χ2v) is 5.90. The average molecular weight is 332 g/mol. The lowest BCUT2D eigenvalue weighted by Crippen LogP contribution is -2.55. The van der Waals surface area contributed by atoms with Crippen molar-refractivity contribution in [1.82, 2.24) is 4.90 Å². The predicted octanol–water partition coefficient (Wildman–Crippen LogP) is 2.12. The third kappa shape index (κ3) is 3.13. The maximum absolute atomic E-state index is 13.6. The largest absolute Gasteiger partial charge is 0.481 e. The van der Waals surface area contributed by atoms with E-state index in [2.05, 4.69) is 15.9 Å². The van der Waals surface area contributed by atoms with E-state index in [0.29, 0.717) is 18.7 Å². The molecule has 0 radical (unpaired) electrons. The molecule has 6 heteroatoms. The Labute approximate surface area is 119 Å². The minimum absolute atomic E-state index is 0.216. The molecule has 0 atom stereocenters. The van der Waals surface area contributed by atoms with Gasteiger partial charge in [-0.25, -0.2) is 4.39 Å². The minimum Gasteiger partial charge on any atom is -0.481 e. The average Bonchev–Trinajstić information content (AvgIpc) is 2.28. The topological polar surface area (TPSA) is 49.8 Å². The first-order valence-corrected chi connectivity index (χ1v) is 6.66. The molecule has 1 aromatic carbocycles. The highest BCUT2D eigenvalue weighted by Gasteiger charge is 2.46. The van der Waals surface area contributed by atoms with Gasteiger partial charge in [0, 0.05) is 23.1 Å². The van der Waals surface area contributed by atoms with Crippen molar-refractivity contribution in [3.05, 3.63) is 34.1 Å². The van der Waals surface area contributed by atoms with Crippen molar-refractivity contribution in [3.8, 4) is 0 Å². The van der Waals surface area contributed by atoms with Gasteiger partial charge < -0.3 is 14.7 Å². The van der Waals surface area contributed by atoms with Crippen LogP contribution in [-0.4, -0.2) is 42.8 Å². The van der Waals surface area contributed by atoms with E-state index in [4.69, 9.17) is 4.74 Å². The van der Waals surface area contributed by atoms with Crippen LogP contribution >= 0.6 is 15.9 Å². The molecule has 1 N–H and O–H groups in total. The summed E-state index contributed by atoms with van der Waals surface area (Å²) in [6.07, 6.45) is 0. The number of carboxylic acids is 1. The third-order valence-electron chi connectivity index (χ3n) is 3.23. The molecule has 1 fully saturated rings. The number of aliphatic carboxylic acids is 1. The first-order valence-electron chi connectivity index (χ1n) is 5.86. The van der Waals surface area contributed by atoms with E-state index in [1.165, 1.54) is 6.07 Å². The molecule has 1 heterocycles. The number of benzene rings is 1. The zero-order valence-corrected chi connectivity index (χ0v) is 12.1. The normalized spacial score (nSPS) is 17.3. The standard InChI is InChI=1S/C13H15BrFNO3/c1-16(6-13(12(17)18)7-19-8-13)5-9-4-10(14)2-3-11(9)15/h2-4H,5-8H2,1H3,(H,17,18). The quantitative estimate of drug-likeness (QED) is 0.897. The molecule has 0 spiro atoms. The first kappa shape index (κ1) is 14.4. The molecular formula is C13H15BrFNO3.